The van der Waals surface area contributed by atoms with Crippen LogP contribution in [0.1, 0.15) is 41.0 Å². The van der Waals surface area contributed by atoms with Crippen LogP contribution in [0.3, 0.4) is 0 Å². The summed E-state index contributed by atoms with van der Waals surface area (Å²) in [5, 5.41) is 2.74. The Bertz CT molecular complexity index is 525. The van der Waals surface area contributed by atoms with E-state index in [0.717, 1.165) is 6.26 Å². The standard InChI is InChI=1S/C14H26N2O4S/c1-7-10-12(17)15-11(9(2)3)13(18)16(10)8-14(4,5)21(6,19)20/h9-11H,7-8H2,1-6H3,(H,15,17). The van der Waals surface area contributed by atoms with Crippen LogP contribution in [0.25, 0.3) is 0 Å². The molecule has 122 valence electrons. The van der Waals surface area contributed by atoms with Gasteiger partial charge in [-0.1, -0.05) is 20.8 Å². The van der Waals surface area contributed by atoms with Crippen molar-refractivity contribution in [1.82, 2.24) is 10.2 Å². The highest BCUT2D eigenvalue weighted by Gasteiger charge is 2.44. The second-order valence-electron chi connectivity index (χ2n) is 6.65. The van der Waals surface area contributed by atoms with Crippen molar-refractivity contribution >= 4 is 21.7 Å². The Morgan fingerprint density at radius 2 is 1.81 bits per heavy atom. The van der Waals surface area contributed by atoms with E-state index in [1.54, 1.807) is 13.8 Å². The monoisotopic (exact) mass is 318 g/mol. The van der Waals surface area contributed by atoms with Gasteiger partial charge in [0.2, 0.25) is 11.8 Å². The molecule has 1 aliphatic heterocycles. The van der Waals surface area contributed by atoms with Gasteiger partial charge in [0.25, 0.3) is 0 Å². The molecule has 0 aliphatic carbocycles. The molecule has 0 aromatic carbocycles. The molecule has 0 aromatic rings. The van der Waals surface area contributed by atoms with Crippen molar-refractivity contribution in [3.63, 3.8) is 0 Å². The predicted molar refractivity (Wildman–Crippen MR) is 81.5 cm³/mol. The Morgan fingerprint density at radius 1 is 1.29 bits per heavy atom. The van der Waals surface area contributed by atoms with Gasteiger partial charge in [-0.2, -0.15) is 0 Å². The van der Waals surface area contributed by atoms with Gasteiger partial charge in [-0.05, 0) is 26.2 Å². The van der Waals surface area contributed by atoms with Crippen LogP contribution in [0.15, 0.2) is 0 Å². The highest BCUT2D eigenvalue weighted by atomic mass is 32.2. The molecule has 1 aliphatic rings. The van der Waals surface area contributed by atoms with E-state index in [2.05, 4.69) is 5.32 Å². The van der Waals surface area contributed by atoms with E-state index >= 15 is 0 Å². The smallest absolute Gasteiger partial charge is 0.246 e. The molecule has 0 aromatic heterocycles. The normalized spacial score (nSPS) is 24.4. The molecule has 1 saturated heterocycles. The van der Waals surface area contributed by atoms with Crippen LogP contribution in [0, 0.1) is 5.92 Å². The number of carbonyl (C=O) groups is 2. The van der Waals surface area contributed by atoms with E-state index in [1.807, 2.05) is 20.8 Å². The van der Waals surface area contributed by atoms with Gasteiger partial charge in [-0.15, -0.1) is 0 Å². The summed E-state index contributed by atoms with van der Waals surface area (Å²) < 4.78 is 22.7. The highest BCUT2D eigenvalue weighted by Crippen LogP contribution is 2.23. The summed E-state index contributed by atoms with van der Waals surface area (Å²) in [6.07, 6.45) is 1.62. The Morgan fingerprint density at radius 3 is 2.19 bits per heavy atom. The predicted octanol–water partition coefficient (Wildman–Crippen LogP) is 0.571. The molecular formula is C14H26N2O4S. The lowest BCUT2D eigenvalue weighted by molar-refractivity contribution is -0.151. The molecule has 1 rings (SSSR count). The Balaban J connectivity index is 3.15. The Kier molecular flexibility index (Phi) is 5.08. The quantitative estimate of drug-likeness (QED) is 0.803. The van der Waals surface area contributed by atoms with Crippen LogP contribution in [0.2, 0.25) is 0 Å². The Hall–Kier alpha value is -1.11. The van der Waals surface area contributed by atoms with Gasteiger partial charge < -0.3 is 10.2 Å². The molecule has 0 radical (unpaired) electrons. The fourth-order valence-electron chi connectivity index (χ4n) is 2.36. The minimum absolute atomic E-state index is 0.0276. The lowest BCUT2D eigenvalue weighted by atomic mass is 9.96. The second kappa shape index (κ2) is 5.94. The molecule has 1 heterocycles. The molecule has 2 amide bonds. The molecule has 1 fully saturated rings. The first-order valence-corrected chi connectivity index (χ1v) is 9.12. The second-order valence-corrected chi connectivity index (χ2v) is 9.30. The SMILES string of the molecule is CCC1C(=O)NC(C(C)C)C(=O)N1CC(C)(C)S(C)(=O)=O. The lowest BCUT2D eigenvalue weighted by Crippen LogP contribution is -2.66. The van der Waals surface area contributed by atoms with Crippen molar-refractivity contribution in [3.05, 3.63) is 0 Å². The number of amides is 2. The van der Waals surface area contributed by atoms with Crippen molar-refractivity contribution in [2.45, 2.75) is 57.9 Å². The summed E-state index contributed by atoms with van der Waals surface area (Å²) in [4.78, 5) is 26.2. The van der Waals surface area contributed by atoms with Crippen LogP contribution in [0.4, 0.5) is 0 Å². The fraction of sp³-hybridized carbons (Fsp3) is 0.857. The number of carbonyl (C=O) groups excluding carboxylic acids is 2. The van der Waals surface area contributed by atoms with Crippen LogP contribution in [0.5, 0.6) is 0 Å². The summed E-state index contributed by atoms with van der Waals surface area (Å²) in [5.41, 5.74) is 0. The zero-order chi connectivity index (χ0) is 16.6. The molecule has 1 N–H and O–H groups in total. The molecular weight excluding hydrogens is 292 g/mol. The fourth-order valence-corrected chi connectivity index (χ4v) is 2.73. The minimum atomic E-state index is -3.34. The van der Waals surface area contributed by atoms with Crippen molar-refractivity contribution < 1.29 is 18.0 Å². The zero-order valence-corrected chi connectivity index (χ0v) is 14.5. The first kappa shape index (κ1) is 17.9. The van der Waals surface area contributed by atoms with Crippen LogP contribution < -0.4 is 5.32 Å². The number of piperazine rings is 1. The molecule has 0 bridgehead atoms. The summed E-state index contributed by atoms with van der Waals surface area (Å²) in [5.74, 6) is -0.448. The minimum Gasteiger partial charge on any atom is -0.342 e. The van der Waals surface area contributed by atoms with Crippen LogP contribution in [-0.4, -0.2) is 54.8 Å². The van der Waals surface area contributed by atoms with Gasteiger partial charge in [0.1, 0.15) is 12.1 Å². The van der Waals surface area contributed by atoms with Crippen LogP contribution >= 0.6 is 0 Å². The van der Waals surface area contributed by atoms with Crippen molar-refractivity contribution in [3.8, 4) is 0 Å². The van der Waals surface area contributed by atoms with Gasteiger partial charge in [0.15, 0.2) is 9.84 Å². The maximum absolute atomic E-state index is 12.6. The maximum atomic E-state index is 12.6. The van der Waals surface area contributed by atoms with E-state index in [4.69, 9.17) is 0 Å². The van der Waals surface area contributed by atoms with E-state index in [-0.39, 0.29) is 24.3 Å². The van der Waals surface area contributed by atoms with E-state index in [1.165, 1.54) is 4.90 Å². The molecule has 7 heteroatoms. The Labute approximate surface area is 127 Å². The van der Waals surface area contributed by atoms with Gasteiger partial charge in [0.05, 0.1) is 4.75 Å². The summed E-state index contributed by atoms with van der Waals surface area (Å²) in [6.45, 7) is 8.72. The average molecular weight is 318 g/mol. The number of nitrogens with one attached hydrogen (secondary N) is 1. The molecule has 2 unspecified atom stereocenters. The number of rotatable bonds is 5. The van der Waals surface area contributed by atoms with Crippen molar-refractivity contribution in [1.29, 1.82) is 0 Å². The van der Waals surface area contributed by atoms with E-state index < -0.39 is 26.7 Å². The van der Waals surface area contributed by atoms with Gasteiger partial charge in [0, 0.05) is 12.8 Å². The third-order valence-corrected chi connectivity index (χ3v) is 6.27. The number of sulfone groups is 1. The average Bonchev–Trinajstić information content (AvgIpc) is 2.31. The van der Waals surface area contributed by atoms with Crippen LogP contribution in [-0.2, 0) is 19.4 Å². The number of hydrogen-bond donors (Lipinski definition) is 1. The summed E-state index contributed by atoms with van der Waals surface area (Å²) >= 11 is 0. The maximum Gasteiger partial charge on any atom is 0.246 e. The summed E-state index contributed by atoms with van der Waals surface area (Å²) in [7, 11) is -3.34. The summed E-state index contributed by atoms with van der Waals surface area (Å²) in [6, 6.07) is -1.19. The molecule has 0 saturated carbocycles. The van der Waals surface area contributed by atoms with Gasteiger partial charge in [-0.25, -0.2) is 8.42 Å². The third kappa shape index (κ3) is 3.56. The van der Waals surface area contributed by atoms with E-state index in [9.17, 15) is 18.0 Å². The molecule has 0 spiro atoms. The number of nitrogens with zero attached hydrogens (tertiary/aromatic N) is 1. The van der Waals surface area contributed by atoms with Crippen molar-refractivity contribution in [2.24, 2.45) is 5.92 Å². The van der Waals surface area contributed by atoms with Gasteiger partial charge >= 0.3 is 0 Å². The zero-order valence-electron chi connectivity index (χ0n) is 13.6. The van der Waals surface area contributed by atoms with E-state index in [0.29, 0.717) is 6.42 Å². The first-order valence-electron chi connectivity index (χ1n) is 7.22. The number of hydrogen-bond acceptors (Lipinski definition) is 4. The topological polar surface area (TPSA) is 83.6 Å². The molecule has 21 heavy (non-hydrogen) atoms. The lowest BCUT2D eigenvalue weighted by Gasteiger charge is -2.42. The largest absolute Gasteiger partial charge is 0.342 e. The first-order chi connectivity index (χ1) is 9.42. The van der Waals surface area contributed by atoms with Gasteiger partial charge in [-0.3, -0.25) is 9.59 Å². The van der Waals surface area contributed by atoms with Crippen molar-refractivity contribution in [2.75, 3.05) is 12.8 Å². The molecule has 6 nitrogen and oxygen atoms in total. The highest BCUT2D eigenvalue weighted by molar-refractivity contribution is 7.92. The molecule has 2 atom stereocenters. The third-order valence-electron chi connectivity index (χ3n) is 4.13.